The fraction of sp³-hybridized carbons (Fsp3) is 0.0833. The van der Waals surface area contributed by atoms with Crippen molar-refractivity contribution in [1.29, 1.82) is 0 Å². The molecule has 0 unspecified atom stereocenters. The highest BCUT2D eigenvalue weighted by Gasteiger charge is 2.06. The molecule has 0 bridgehead atoms. The van der Waals surface area contributed by atoms with E-state index >= 15 is 0 Å². The van der Waals surface area contributed by atoms with Gasteiger partial charge in [-0.25, -0.2) is 8.78 Å². The molecule has 0 aliphatic heterocycles. The predicted octanol–water partition coefficient (Wildman–Crippen LogP) is 3.06. The van der Waals surface area contributed by atoms with Gasteiger partial charge in [0.2, 0.25) is 0 Å². The van der Waals surface area contributed by atoms with Crippen molar-refractivity contribution in [2.45, 2.75) is 0 Å². The van der Waals surface area contributed by atoms with E-state index in [1.165, 1.54) is 31.4 Å². The highest BCUT2D eigenvalue weighted by Crippen LogP contribution is 2.23. The third-order valence-corrected chi connectivity index (χ3v) is 1.87. The van der Waals surface area contributed by atoms with Gasteiger partial charge in [-0.3, -0.25) is 4.79 Å². The first-order valence-corrected chi connectivity index (χ1v) is 4.50. The topological polar surface area (TPSA) is 26.3 Å². The molecule has 0 spiro atoms. The van der Waals surface area contributed by atoms with Crippen LogP contribution in [0.25, 0.3) is 5.83 Å². The molecule has 0 aliphatic rings. The first-order chi connectivity index (χ1) is 7.69. The van der Waals surface area contributed by atoms with Crippen LogP contribution in [0.5, 0.6) is 5.75 Å². The zero-order valence-electron chi connectivity index (χ0n) is 8.61. The van der Waals surface area contributed by atoms with Crippen LogP contribution in [0.2, 0.25) is 0 Å². The normalized spacial score (nSPS) is 12.4. The molecule has 0 aliphatic carbocycles. The second-order valence-electron chi connectivity index (χ2n) is 2.89. The van der Waals surface area contributed by atoms with E-state index in [1.54, 1.807) is 0 Å². The van der Waals surface area contributed by atoms with E-state index in [0.29, 0.717) is 12.0 Å². The molecule has 0 heterocycles. The van der Waals surface area contributed by atoms with Crippen LogP contribution < -0.4 is 4.74 Å². The van der Waals surface area contributed by atoms with Gasteiger partial charge in [-0.1, -0.05) is 0 Å². The van der Waals surface area contributed by atoms with Crippen LogP contribution in [0.15, 0.2) is 42.2 Å². The van der Waals surface area contributed by atoms with Crippen LogP contribution in [-0.4, -0.2) is 13.4 Å². The van der Waals surface area contributed by atoms with Gasteiger partial charge >= 0.3 is 0 Å². The molecule has 0 atom stereocenters. The largest absolute Gasteiger partial charge is 0.497 e. The van der Waals surface area contributed by atoms with Gasteiger partial charge in [0, 0.05) is 5.56 Å². The number of ether oxygens (including phenoxy) is 1. The van der Waals surface area contributed by atoms with Crippen LogP contribution in [0, 0.1) is 0 Å². The number of methoxy groups -OCH3 is 1. The van der Waals surface area contributed by atoms with E-state index in [0.717, 1.165) is 12.2 Å². The van der Waals surface area contributed by atoms with Crippen LogP contribution in [0.3, 0.4) is 0 Å². The minimum absolute atomic E-state index is 0.0915. The van der Waals surface area contributed by atoms with Gasteiger partial charge in [-0.2, -0.15) is 0 Å². The molecule has 1 aromatic carbocycles. The van der Waals surface area contributed by atoms with Crippen molar-refractivity contribution in [3.8, 4) is 5.75 Å². The number of halogens is 2. The lowest BCUT2D eigenvalue weighted by atomic mass is 10.2. The maximum absolute atomic E-state index is 13.4. The highest BCUT2D eigenvalue weighted by atomic mass is 19.2. The summed E-state index contributed by atoms with van der Waals surface area (Å²) >= 11 is 0. The van der Waals surface area contributed by atoms with Gasteiger partial charge in [0.25, 0.3) is 0 Å². The smallest absolute Gasteiger partial charge is 0.166 e. The summed E-state index contributed by atoms with van der Waals surface area (Å²) in [6, 6.07) is 5.82. The molecule has 84 valence electrons. The molecular formula is C12H10F2O2. The Morgan fingerprint density at radius 3 is 2.38 bits per heavy atom. The second-order valence-corrected chi connectivity index (χ2v) is 2.89. The predicted molar refractivity (Wildman–Crippen MR) is 57.3 cm³/mol. The number of allylic oxidation sites excluding steroid dienone is 3. The molecule has 1 rings (SSSR count). The Morgan fingerprint density at radius 2 is 1.88 bits per heavy atom. The Hall–Kier alpha value is -1.97. The monoisotopic (exact) mass is 224 g/mol. The number of hydrogen-bond donors (Lipinski definition) is 0. The molecule has 0 N–H and O–H groups in total. The van der Waals surface area contributed by atoms with Crippen LogP contribution in [0.4, 0.5) is 8.78 Å². The van der Waals surface area contributed by atoms with Crippen molar-refractivity contribution in [3.63, 3.8) is 0 Å². The number of carbonyl (C=O) groups excluding carboxylic acids is 1. The molecular weight excluding hydrogens is 214 g/mol. The molecule has 16 heavy (non-hydrogen) atoms. The van der Waals surface area contributed by atoms with Gasteiger partial charge in [-0.05, 0) is 36.4 Å². The summed E-state index contributed by atoms with van der Waals surface area (Å²) in [7, 11) is 1.48. The quantitative estimate of drug-likeness (QED) is 0.446. The Balaban J connectivity index is 2.98. The standard InChI is InChI=1S/C12H10F2O2/c1-16-10-6-4-9(5-7-10)12(14)11(13)3-2-8-15/h2-8H,1H3/b3-2+,12-11+. The molecule has 0 aromatic heterocycles. The van der Waals surface area contributed by atoms with Crippen molar-refractivity contribution in [2.75, 3.05) is 7.11 Å². The van der Waals surface area contributed by atoms with Gasteiger partial charge in [0.1, 0.15) is 12.0 Å². The Morgan fingerprint density at radius 1 is 1.25 bits per heavy atom. The number of carbonyl (C=O) groups is 1. The SMILES string of the molecule is COc1ccc(/C(F)=C(F)/C=C/C=O)cc1. The lowest BCUT2D eigenvalue weighted by molar-refractivity contribution is -0.104. The van der Waals surface area contributed by atoms with Crippen LogP contribution >= 0.6 is 0 Å². The highest BCUT2D eigenvalue weighted by molar-refractivity contribution is 5.69. The summed E-state index contributed by atoms with van der Waals surface area (Å²) in [5.41, 5.74) is 0.0915. The Bertz CT molecular complexity index is 419. The van der Waals surface area contributed by atoms with Gasteiger partial charge in [0.15, 0.2) is 11.7 Å². The lowest BCUT2D eigenvalue weighted by Gasteiger charge is -2.01. The van der Waals surface area contributed by atoms with Crippen molar-refractivity contribution in [3.05, 3.63) is 47.8 Å². The second kappa shape index (κ2) is 5.80. The number of benzene rings is 1. The van der Waals surface area contributed by atoms with E-state index in [-0.39, 0.29) is 5.56 Å². The van der Waals surface area contributed by atoms with E-state index in [2.05, 4.69) is 0 Å². The summed E-state index contributed by atoms with van der Waals surface area (Å²) < 4.78 is 31.3. The zero-order valence-corrected chi connectivity index (χ0v) is 8.61. The summed E-state index contributed by atoms with van der Waals surface area (Å²) in [5.74, 6) is -1.54. The number of rotatable bonds is 4. The number of hydrogen-bond acceptors (Lipinski definition) is 2. The molecule has 0 radical (unpaired) electrons. The Labute approximate surface area is 91.8 Å². The van der Waals surface area contributed by atoms with Crippen LogP contribution in [0.1, 0.15) is 5.56 Å². The third-order valence-electron chi connectivity index (χ3n) is 1.87. The van der Waals surface area contributed by atoms with Gasteiger partial charge in [-0.15, -0.1) is 0 Å². The maximum atomic E-state index is 13.4. The minimum atomic E-state index is -1.09. The molecule has 4 heteroatoms. The van der Waals surface area contributed by atoms with E-state index in [1.807, 2.05) is 0 Å². The van der Waals surface area contributed by atoms with Crippen molar-refractivity contribution < 1.29 is 18.3 Å². The minimum Gasteiger partial charge on any atom is -0.497 e. The van der Waals surface area contributed by atoms with Crippen molar-refractivity contribution in [1.82, 2.24) is 0 Å². The van der Waals surface area contributed by atoms with Crippen molar-refractivity contribution >= 4 is 12.1 Å². The van der Waals surface area contributed by atoms with Gasteiger partial charge in [0.05, 0.1) is 7.11 Å². The number of aldehydes is 1. The molecule has 2 nitrogen and oxygen atoms in total. The lowest BCUT2D eigenvalue weighted by Crippen LogP contribution is -1.84. The average Bonchev–Trinajstić information content (AvgIpc) is 2.35. The van der Waals surface area contributed by atoms with Crippen molar-refractivity contribution in [2.24, 2.45) is 0 Å². The van der Waals surface area contributed by atoms with Gasteiger partial charge < -0.3 is 4.74 Å². The fourth-order valence-corrected chi connectivity index (χ4v) is 1.07. The Kier molecular flexibility index (Phi) is 4.39. The molecule has 1 aromatic rings. The molecule has 0 amide bonds. The first-order valence-electron chi connectivity index (χ1n) is 4.50. The summed E-state index contributed by atoms with van der Waals surface area (Å²) in [6.45, 7) is 0. The maximum Gasteiger partial charge on any atom is 0.166 e. The first kappa shape index (κ1) is 12.1. The fourth-order valence-electron chi connectivity index (χ4n) is 1.07. The third kappa shape index (κ3) is 3.02. The summed E-state index contributed by atoms with van der Waals surface area (Å²) in [5, 5.41) is 0. The van der Waals surface area contributed by atoms with E-state index in [4.69, 9.17) is 4.74 Å². The molecule has 0 saturated carbocycles. The molecule has 0 saturated heterocycles. The summed E-state index contributed by atoms with van der Waals surface area (Å²) in [6.07, 6.45) is 2.03. The zero-order chi connectivity index (χ0) is 12.0. The molecule has 0 fully saturated rings. The van der Waals surface area contributed by atoms with Crippen LogP contribution in [-0.2, 0) is 4.79 Å². The van der Waals surface area contributed by atoms with E-state index < -0.39 is 11.7 Å². The summed E-state index contributed by atoms with van der Waals surface area (Å²) in [4.78, 5) is 9.94. The van der Waals surface area contributed by atoms with E-state index in [9.17, 15) is 13.6 Å². The average molecular weight is 224 g/mol.